The molecule has 0 N–H and O–H groups in total. The lowest BCUT2D eigenvalue weighted by Gasteiger charge is -2.15. The van der Waals surface area contributed by atoms with E-state index in [1.807, 2.05) is 0 Å². The summed E-state index contributed by atoms with van der Waals surface area (Å²) >= 11 is 0. The molecule has 1 atom stereocenters. The Bertz CT molecular complexity index is 372. The number of carboxylic acid groups (broad SMARTS) is 1. The molecule has 1 aromatic rings. The summed E-state index contributed by atoms with van der Waals surface area (Å²) in [5.74, 6) is -1.86. The van der Waals surface area contributed by atoms with Gasteiger partial charge in [0.2, 0.25) is 0 Å². The number of hydrogen-bond acceptors (Lipinski definition) is 4. The molecular formula is C10H10NO4-. The molecule has 0 fully saturated rings. The largest absolute Gasteiger partial charge is 0.549 e. The highest BCUT2D eigenvalue weighted by atomic mass is 16.6. The van der Waals surface area contributed by atoms with Gasteiger partial charge >= 0.3 is 0 Å². The fraction of sp³-hybridized carbons (Fsp3) is 0.300. The van der Waals surface area contributed by atoms with Crippen LogP contribution in [-0.2, 0) is 4.79 Å². The molecule has 0 saturated heterocycles. The van der Waals surface area contributed by atoms with Crippen molar-refractivity contribution >= 4 is 11.7 Å². The summed E-state index contributed by atoms with van der Waals surface area (Å²) < 4.78 is 0. The Morgan fingerprint density at radius 2 is 1.93 bits per heavy atom. The summed E-state index contributed by atoms with van der Waals surface area (Å²) in [6.07, 6.45) is 0.403. The lowest BCUT2D eigenvalue weighted by molar-refractivity contribution is -0.384. The average Bonchev–Trinajstić information content (AvgIpc) is 2.19. The van der Waals surface area contributed by atoms with Crippen LogP contribution in [0.4, 0.5) is 5.69 Å². The van der Waals surface area contributed by atoms with Gasteiger partial charge in [-0.2, -0.15) is 0 Å². The van der Waals surface area contributed by atoms with Crippen LogP contribution in [0.2, 0.25) is 0 Å². The number of hydrogen-bond donors (Lipinski definition) is 0. The molecule has 0 radical (unpaired) electrons. The molecule has 0 aliphatic carbocycles. The molecule has 0 amide bonds. The molecule has 0 spiro atoms. The molecule has 5 nitrogen and oxygen atoms in total. The number of non-ortho nitro benzene ring substituents is 1. The van der Waals surface area contributed by atoms with Gasteiger partial charge in [-0.15, -0.1) is 0 Å². The topological polar surface area (TPSA) is 83.3 Å². The number of aliphatic carboxylic acids is 1. The number of rotatable bonds is 4. The first-order valence-electron chi connectivity index (χ1n) is 4.51. The molecule has 0 aliphatic rings. The number of carbonyl (C=O) groups excluding carboxylic acids is 1. The zero-order valence-corrected chi connectivity index (χ0v) is 8.17. The van der Waals surface area contributed by atoms with E-state index in [9.17, 15) is 20.0 Å². The van der Waals surface area contributed by atoms with Crippen LogP contribution < -0.4 is 5.11 Å². The second kappa shape index (κ2) is 4.54. The normalized spacial score (nSPS) is 12.1. The van der Waals surface area contributed by atoms with Crippen LogP contribution in [0.25, 0.3) is 0 Å². The van der Waals surface area contributed by atoms with Gasteiger partial charge in [-0.1, -0.05) is 19.1 Å². The van der Waals surface area contributed by atoms with Gasteiger partial charge in [-0.05, 0) is 12.0 Å². The molecule has 1 aromatic carbocycles. The minimum absolute atomic E-state index is 0.0491. The second-order valence-corrected chi connectivity index (χ2v) is 3.13. The Balaban J connectivity index is 2.97. The molecule has 0 aliphatic heterocycles. The predicted octanol–water partition coefficient (Wildman–Crippen LogP) is 0.838. The zero-order chi connectivity index (χ0) is 11.4. The first-order valence-corrected chi connectivity index (χ1v) is 4.51. The van der Waals surface area contributed by atoms with Gasteiger partial charge < -0.3 is 9.90 Å². The van der Waals surface area contributed by atoms with Crippen molar-refractivity contribution in [2.24, 2.45) is 0 Å². The summed E-state index contributed by atoms with van der Waals surface area (Å²) in [6, 6.07) is 5.48. The zero-order valence-electron chi connectivity index (χ0n) is 8.17. The van der Waals surface area contributed by atoms with Crippen molar-refractivity contribution in [2.75, 3.05) is 0 Å². The van der Waals surface area contributed by atoms with E-state index in [0.29, 0.717) is 12.0 Å². The van der Waals surface area contributed by atoms with Crippen LogP contribution in [0.3, 0.4) is 0 Å². The maximum atomic E-state index is 10.7. The quantitative estimate of drug-likeness (QED) is 0.542. The van der Waals surface area contributed by atoms with Crippen LogP contribution in [0, 0.1) is 10.1 Å². The Morgan fingerprint density at radius 3 is 2.27 bits per heavy atom. The highest BCUT2D eigenvalue weighted by molar-refractivity contribution is 5.74. The number of carbonyl (C=O) groups is 1. The minimum Gasteiger partial charge on any atom is -0.549 e. The summed E-state index contributed by atoms with van der Waals surface area (Å²) in [6.45, 7) is 1.72. The first-order chi connectivity index (χ1) is 7.06. The molecule has 0 unspecified atom stereocenters. The van der Waals surface area contributed by atoms with Crippen molar-refractivity contribution in [1.82, 2.24) is 0 Å². The van der Waals surface area contributed by atoms with Crippen molar-refractivity contribution < 1.29 is 14.8 Å². The Hall–Kier alpha value is -1.91. The standard InChI is InChI=1S/C10H11NO4/c1-2-9(10(12)13)7-3-5-8(6-4-7)11(14)15/h3-6,9H,2H2,1H3,(H,12,13)/p-1/t9-/m1/s1. The third kappa shape index (κ3) is 2.52. The number of nitro groups is 1. The van der Waals surface area contributed by atoms with E-state index < -0.39 is 16.8 Å². The SMILES string of the molecule is CC[C@@H](C(=O)[O-])c1ccc([N+](=O)[O-])cc1. The van der Waals surface area contributed by atoms with Crippen molar-refractivity contribution in [3.63, 3.8) is 0 Å². The average molecular weight is 208 g/mol. The fourth-order valence-corrected chi connectivity index (χ4v) is 1.37. The number of benzene rings is 1. The van der Waals surface area contributed by atoms with Crippen LogP contribution in [0.15, 0.2) is 24.3 Å². The maximum Gasteiger partial charge on any atom is 0.269 e. The van der Waals surface area contributed by atoms with Crippen molar-refractivity contribution in [2.45, 2.75) is 19.3 Å². The van der Waals surface area contributed by atoms with Gasteiger partial charge in [-0.3, -0.25) is 10.1 Å². The number of nitro benzene ring substituents is 1. The lowest BCUT2D eigenvalue weighted by atomic mass is 9.97. The Kier molecular flexibility index (Phi) is 3.38. The first kappa shape index (κ1) is 11.2. The highest BCUT2D eigenvalue weighted by Gasteiger charge is 2.12. The van der Waals surface area contributed by atoms with Crippen LogP contribution >= 0.6 is 0 Å². The Labute approximate surface area is 86.5 Å². The summed E-state index contributed by atoms with van der Waals surface area (Å²) in [5.41, 5.74) is 0.482. The van der Waals surface area contributed by atoms with E-state index >= 15 is 0 Å². The maximum absolute atomic E-state index is 10.7. The van der Waals surface area contributed by atoms with Gasteiger partial charge in [0.05, 0.1) is 4.92 Å². The van der Waals surface area contributed by atoms with E-state index in [-0.39, 0.29) is 5.69 Å². The second-order valence-electron chi connectivity index (χ2n) is 3.13. The smallest absolute Gasteiger partial charge is 0.269 e. The van der Waals surface area contributed by atoms with E-state index in [1.165, 1.54) is 24.3 Å². The molecule has 0 bridgehead atoms. The summed E-state index contributed by atoms with van der Waals surface area (Å²) in [7, 11) is 0. The van der Waals surface area contributed by atoms with Gasteiger partial charge in [-0.25, -0.2) is 0 Å². The third-order valence-corrected chi connectivity index (χ3v) is 2.20. The van der Waals surface area contributed by atoms with Crippen molar-refractivity contribution in [3.8, 4) is 0 Å². The van der Waals surface area contributed by atoms with Gasteiger partial charge in [0.25, 0.3) is 5.69 Å². The molecular weight excluding hydrogens is 198 g/mol. The van der Waals surface area contributed by atoms with Crippen LogP contribution in [-0.4, -0.2) is 10.9 Å². The van der Waals surface area contributed by atoms with Crippen LogP contribution in [0.1, 0.15) is 24.8 Å². The van der Waals surface area contributed by atoms with E-state index in [4.69, 9.17) is 0 Å². The van der Waals surface area contributed by atoms with Gasteiger partial charge in [0, 0.05) is 24.0 Å². The van der Waals surface area contributed by atoms with E-state index in [0.717, 1.165) is 0 Å². The summed E-state index contributed by atoms with van der Waals surface area (Å²) in [5, 5.41) is 21.1. The molecule has 15 heavy (non-hydrogen) atoms. The molecule has 1 rings (SSSR count). The fourth-order valence-electron chi connectivity index (χ4n) is 1.37. The van der Waals surface area contributed by atoms with Crippen molar-refractivity contribution in [1.29, 1.82) is 0 Å². The monoisotopic (exact) mass is 208 g/mol. The number of carboxylic acids is 1. The number of nitrogens with zero attached hydrogens (tertiary/aromatic N) is 1. The lowest BCUT2D eigenvalue weighted by Crippen LogP contribution is -2.29. The molecule has 0 heterocycles. The van der Waals surface area contributed by atoms with Crippen molar-refractivity contribution in [3.05, 3.63) is 39.9 Å². The van der Waals surface area contributed by atoms with E-state index in [1.54, 1.807) is 6.92 Å². The highest BCUT2D eigenvalue weighted by Crippen LogP contribution is 2.21. The third-order valence-electron chi connectivity index (χ3n) is 2.20. The minimum atomic E-state index is -1.16. The van der Waals surface area contributed by atoms with Gasteiger partial charge in [0.1, 0.15) is 0 Å². The van der Waals surface area contributed by atoms with E-state index in [2.05, 4.69) is 0 Å². The summed E-state index contributed by atoms with van der Waals surface area (Å²) in [4.78, 5) is 20.5. The molecule has 0 saturated carbocycles. The molecule has 80 valence electrons. The Morgan fingerprint density at radius 1 is 1.40 bits per heavy atom. The van der Waals surface area contributed by atoms with Gasteiger partial charge in [0.15, 0.2) is 0 Å². The van der Waals surface area contributed by atoms with Crippen LogP contribution in [0.5, 0.6) is 0 Å². The molecule has 5 heteroatoms. The molecule has 0 aromatic heterocycles. The predicted molar refractivity (Wildman–Crippen MR) is 51.1 cm³/mol.